The molecule has 0 saturated carbocycles. The molecule has 0 rings (SSSR count). The summed E-state index contributed by atoms with van der Waals surface area (Å²) in [4.78, 5) is 0. The van der Waals surface area contributed by atoms with Crippen LogP contribution in [0.2, 0.25) is 0 Å². The normalized spacial score (nSPS) is 5.14. The van der Waals surface area contributed by atoms with Crippen LogP contribution in [0.15, 0.2) is 0 Å². The number of rotatable bonds is 8. The molecule has 0 aliphatic carbocycles. The topological polar surface area (TPSA) is 75.8 Å². The van der Waals surface area contributed by atoms with Crippen molar-refractivity contribution < 1.29 is 42.1 Å². The van der Waals surface area contributed by atoms with Gasteiger partial charge in [-0.25, -0.2) is 12.8 Å². The van der Waals surface area contributed by atoms with E-state index in [1.54, 1.807) is 0 Å². The largest absolute Gasteiger partial charge is 4.00 e. The summed E-state index contributed by atoms with van der Waals surface area (Å²) in [6, 6.07) is 0. The minimum absolute atomic E-state index is 0. The van der Waals surface area contributed by atoms with Gasteiger partial charge in [0.1, 0.15) is 0 Å². The molecule has 4 nitrogen and oxygen atoms in total. The first-order valence-corrected chi connectivity index (χ1v) is 6.31. The molecule has 8 radical (unpaired) electrons. The van der Waals surface area contributed by atoms with Crippen LogP contribution in [-0.2, 0) is 42.1 Å². The van der Waals surface area contributed by atoms with E-state index >= 15 is 0 Å². The zero-order chi connectivity index (χ0) is 19.1. The Labute approximate surface area is 215 Å². The SMILES string of the molecule is C.C.C#C.C#C.[B][B].[B][B].[CH2-]CC[N-]CC[NH-].[CH2-]CC[N-]CC[NH-].[CH3-].[CH3-].[Pt+4].[Pt+4]. The van der Waals surface area contributed by atoms with Crippen LogP contribution in [0.1, 0.15) is 27.7 Å². The van der Waals surface area contributed by atoms with E-state index in [4.69, 9.17) is 11.5 Å². The molecule has 10 heteroatoms. The van der Waals surface area contributed by atoms with Crippen molar-refractivity contribution >= 4 is 30.9 Å². The van der Waals surface area contributed by atoms with E-state index in [9.17, 15) is 0 Å². The van der Waals surface area contributed by atoms with Crippen LogP contribution in [0.4, 0.5) is 0 Å². The Balaban J connectivity index is -0.0000000116. The van der Waals surface area contributed by atoms with Crippen molar-refractivity contribution in [2.75, 3.05) is 39.3 Å². The maximum Gasteiger partial charge on any atom is 4.00 e. The van der Waals surface area contributed by atoms with Crippen molar-refractivity contribution in [2.45, 2.75) is 27.7 Å². The van der Waals surface area contributed by atoms with Crippen LogP contribution in [0.25, 0.3) is 22.1 Å². The summed E-state index contributed by atoms with van der Waals surface area (Å²) in [6.07, 6.45) is 17.7. The van der Waals surface area contributed by atoms with Gasteiger partial charge in [-0.15, -0.1) is 25.7 Å². The average Bonchev–Trinajstić information content (AvgIpc) is 2.63. The Hall–Kier alpha value is 0.596. The molecule has 0 aliphatic heterocycles. The van der Waals surface area contributed by atoms with E-state index < -0.39 is 0 Å². The van der Waals surface area contributed by atoms with E-state index in [1.165, 1.54) is 0 Å². The Morgan fingerprint density at radius 3 is 0.893 bits per heavy atom. The molecule has 0 amide bonds. The fourth-order valence-electron chi connectivity index (χ4n) is 0.605. The van der Waals surface area contributed by atoms with Crippen LogP contribution < -0.4 is 0 Å². The van der Waals surface area contributed by atoms with E-state index in [0.717, 1.165) is 25.9 Å². The fourth-order valence-corrected chi connectivity index (χ4v) is 0.605. The predicted octanol–water partition coefficient (Wildman–Crippen LogP) is 4.42. The Kier molecular flexibility index (Phi) is 491. The van der Waals surface area contributed by atoms with Crippen molar-refractivity contribution in [2.24, 2.45) is 0 Å². The molecule has 0 atom stereocenters. The summed E-state index contributed by atoms with van der Waals surface area (Å²) >= 11 is 0. The zero-order valence-electron chi connectivity index (χ0n) is 16.2. The smallest absolute Gasteiger partial charge is 0.679 e. The van der Waals surface area contributed by atoms with E-state index in [2.05, 4.69) is 81.1 Å². The molecule has 0 spiro atoms. The minimum atomic E-state index is 0. The van der Waals surface area contributed by atoms with Crippen LogP contribution in [0.3, 0.4) is 0 Å². The first kappa shape index (κ1) is 79.1. The quantitative estimate of drug-likeness (QED) is 0.153. The van der Waals surface area contributed by atoms with E-state index in [-0.39, 0.29) is 71.8 Å². The maximum atomic E-state index is 6.67. The molecule has 0 aromatic rings. The average molecular weight is 746 g/mol. The molecule has 0 heterocycles. The van der Waals surface area contributed by atoms with Crippen molar-refractivity contribution in [3.05, 3.63) is 50.8 Å². The molecule has 0 bridgehead atoms. The van der Waals surface area contributed by atoms with Crippen molar-refractivity contribution in [1.82, 2.24) is 0 Å². The molecule has 0 aromatic carbocycles. The van der Waals surface area contributed by atoms with Gasteiger partial charge in [0.2, 0.25) is 0 Å². The van der Waals surface area contributed by atoms with Crippen LogP contribution in [0.5, 0.6) is 0 Å². The molecule has 28 heavy (non-hydrogen) atoms. The van der Waals surface area contributed by atoms with Crippen LogP contribution in [0, 0.1) is 54.4 Å². The van der Waals surface area contributed by atoms with Gasteiger partial charge in [0.25, 0.3) is 0 Å². The number of hydrogen-bond donors (Lipinski definition) is 0. The van der Waals surface area contributed by atoms with Gasteiger partial charge in [-0.05, 0) is 0 Å². The van der Waals surface area contributed by atoms with Gasteiger partial charge in [-0.2, -0.15) is 39.3 Å². The predicted molar refractivity (Wildman–Crippen MR) is 134 cm³/mol. The second-order valence-electron chi connectivity index (χ2n) is 2.55. The van der Waals surface area contributed by atoms with Crippen molar-refractivity contribution in [3.63, 3.8) is 0 Å². The van der Waals surface area contributed by atoms with Crippen LogP contribution >= 0.6 is 0 Å². The van der Waals surface area contributed by atoms with Gasteiger partial charge in [0.15, 0.2) is 0 Å². The number of hydrogen-bond acceptors (Lipinski definition) is 0. The van der Waals surface area contributed by atoms with E-state index in [1.807, 2.05) is 0 Å². The molecule has 0 fully saturated rings. The minimum Gasteiger partial charge on any atom is -0.679 e. The van der Waals surface area contributed by atoms with Gasteiger partial charge in [0.05, 0.1) is 0 Å². The monoisotopic (exact) mass is 746 g/mol. The Bertz CT molecular complexity index is 136. The summed E-state index contributed by atoms with van der Waals surface area (Å²) in [7, 11) is 16.0. The number of terminal acetylenes is 2. The second-order valence-corrected chi connectivity index (χ2v) is 2.55. The zero-order valence-corrected chi connectivity index (χ0v) is 20.8. The Morgan fingerprint density at radius 1 is 0.607 bits per heavy atom. The van der Waals surface area contributed by atoms with Crippen LogP contribution in [-0.4, -0.2) is 70.2 Å². The summed E-state index contributed by atoms with van der Waals surface area (Å²) in [5.74, 6) is 0. The van der Waals surface area contributed by atoms with Gasteiger partial charge in [0, 0.05) is 30.9 Å². The molecule has 0 unspecified atom stereocenters. The summed E-state index contributed by atoms with van der Waals surface area (Å²) in [5.41, 5.74) is 13.3. The third-order valence-corrected chi connectivity index (χ3v) is 1.17. The molecular formula is C18H40B4N4Pt2. The van der Waals surface area contributed by atoms with Gasteiger partial charge >= 0.3 is 42.1 Å². The summed E-state index contributed by atoms with van der Waals surface area (Å²) < 4.78 is 0. The summed E-state index contributed by atoms with van der Waals surface area (Å²) in [5, 5.41) is 7.92. The fraction of sp³-hybridized carbons (Fsp3) is 0.556. The van der Waals surface area contributed by atoms with Crippen molar-refractivity contribution in [3.8, 4) is 25.7 Å². The van der Waals surface area contributed by atoms with Crippen molar-refractivity contribution in [1.29, 1.82) is 0 Å². The third-order valence-electron chi connectivity index (χ3n) is 1.17. The van der Waals surface area contributed by atoms with Gasteiger partial charge < -0.3 is 50.8 Å². The molecule has 0 saturated heterocycles. The molecule has 0 aliphatic rings. The Morgan fingerprint density at radius 2 is 0.786 bits per heavy atom. The maximum absolute atomic E-state index is 6.67. The van der Waals surface area contributed by atoms with Gasteiger partial charge in [-0.3, -0.25) is 0 Å². The van der Waals surface area contributed by atoms with E-state index in [0.29, 0.717) is 26.2 Å². The molecule has 0 aromatic heterocycles. The molecular weight excluding hydrogens is 706 g/mol. The third kappa shape index (κ3) is 236. The number of nitrogens with zero attached hydrogens (tertiary/aromatic N) is 2. The first-order valence-electron chi connectivity index (χ1n) is 6.31. The van der Waals surface area contributed by atoms with Gasteiger partial charge in [-0.1, -0.05) is 14.9 Å². The second kappa shape index (κ2) is 174. The molecule has 2 N–H and O–H groups in total. The first-order chi connectivity index (χ1) is 10.8. The summed E-state index contributed by atoms with van der Waals surface area (Å²) in [6.45, 7) is 11.0. The standard InChI is InChI=1S/2C5H11N2.2C2H2.2CH4.2CH3.2B2.2Pt/c2*1-2-4-7-5-3-6;2*1-2;;;;;2*1-2;;/h2*6H,1-5H2;2*1-2H;2*1H4;2*1H3;;;;/q2*-3;;;;;2*-1;;;2*+4. The number of nitrogens with one attached hydrogen (secondary N) is 2. The molecule has 164 valence electrons.